The molecular formula is C18H32N2O. The first-order valence-electron chi connectivity index (χ1n) is 8.34. The SMILES string of the molecule is CCCNC(CN(CCC)CCC)c1ccc(OC)cc1. The van der Waals surface area contributed by atoms with Crippen LogP contribution in [0.2, 0.25) is 0 Å². The molecule has 0 saturated carbocycles. The molecule has 0 heterocycles. The Hall–Kier alpha value is -1.06. The molecule has 1 N–H and O–H groups in total. The van der Waals surface area contributed by atoms with Crippen molar-refractivity contribution in [1.29, 1.82) is 0 Å². The fourth-order valence-electron chi connectivity index (χ4n) is 2.63. The van der Waals surface area contributed by atoms with E-state index in [1.807, 2.05) is 0 Å². The summed E-state index contributed by atoms with van der Waals surface area (Å²) in [6, 6.07) is 8.87. The van der Waals surface area contributed by atoms with Crippen LogP contribution in [0.3, 0.4) is 0 Å². The molecular weight excluding hydrogens is 260 g/mol. The second kappa shape index (κ2) is 10.6. The zero-order valence-electron chi connectivity index (χ0n) is 14.2. The average molecular weight is 292 g/mol. The zero-order valence-corrected chi connectivity index (χ0v) is 14.2. The van der Waals surface area contributed by atoms with Gasteiger partial charge in [0.15, 0.2) is 0 Å². The third-order valence-corrected chi connectivity index (χ3v) is 3.68. The van der Waals surface area contributed by atoms with Crippen LogP contribution >= 0.6 is 0 Å². The molecule has 0 amide bonds. The van der Waals surface area contributed by atoms with Gasteiger partial charge in [-0.25, -0.2) is 0 Å². The molecule has 1 atom stereocenters. The molecule has 120 valence electrons. The van der Waals surface area contributed by atoms with Gasteiger partial charge >= 0.3 is 0 Å². The molecule has 0 aromatic heterocycles. The lowest BCUT2D eigenvalue weighted by Crippen LogP contribution is -2.36. The maximum atomic E-state index is 5.26. The van der Waals surface area contributed by atoms with E-state index in [-0.39, 0.29) is 0 Å². The van der Waals surface area contributed by atoms with Gasteiger partial charge < -0.3 is 15.0 Å². The van der Waals surface area contributed by atoms with Gasteiger partial charge in [-0.3, -0.25) is 0 Å². The molecule has 0 radical (unpaired) electrons. The Morgan fingerprint density at radius 3 is 2.10 bits per heavy atom. The van der Waals surface area contributed by atoms with E-state index in [4.69, 9.17) is 4.74 Å². The third-order valence-electron chi connectivity index (χ3n) is 3.68. The summed E-state index contributed by atoms with van der Waals surface area (Å²) in [6.07, 6.45) is 3.58. The largest absolute Gasteiger partial charge is 0.497 e. The third kappa shape index (κ3) is 6.49. The smallest absolute Gasteiger partial charge is 0.118 e. The molecule has 0 fully saturated rings. The van der Waals surface area contributed by atoms with Crippen molar-refractivity contribution < 1.29 is 4.74 Å². The van der Waals surface area contributed by atoms with Crippen LogP contribution in [0, 0.1) is 0 Å². The predicted octanol–water partition coefficient (Wildman–Crippen LogP) is 3.86. The summed E-state index contributed by atoms with van der Waals surface area (Å²) in [5.74, 6) is 0.923. The fraction of sp³-hybridized carbons (Fsp3) is 0.667. The maximum absolute atomic E-state index is 5.26. The molecule has 0 bridgehead atoms. The van der Waals surface area contributed by atoms with Gasteiger partial charge in [0.2, 0.25) is 0 Å². The molecule has 0 aliphatic carbocycles. The van der Waals surface area contributed by atoms with Gasteiger partial charge in [0.05, 0.1) is 7.11 Å². The number of benzene rings is 1. The van der Waals surface area contributed by atoms with Crippen LogP contribution in [0.4, 0.5) is 0 Å². The molecule has 0 aliphatic rings. The number of methoxy groups -OCH3 is 1. The molecule has 1 aromatic rings. The highest BCUT2D eigenvalue weighted by Crippen LogP contribution is 2.19. The van der Waals surface area contributed by atoms with E-state index in [1.165, 1.54) is 31.5 Å². The van der Waals surface area contributed by atoms with E-state index >= 15 is 0 Å². The van der Waals surface area contributed by atoms with Crippen LogP contribution in [0.25, 0.3) is 0 Å². The minimum absolute atomic E-state index is 0.397. The van der Waals surface area contributed by atoms with E-state index in [1.54, 1.807) is 7.11 Å². The Kier molecular flexibility index (Phi) is 9.11. The predicted molar refractivity (Wildman–Crippen MR) is 91.1 cm³/mol. The number of hydrogen-bond acceptors (Lipinski definition) is 3. The Bertz CT molecular complexity index is 358. The average Bonchev–Trinajstić information content (AvgIpc) is 2.52. The van der Waals surface area contributed by atoms with Crippen molar-refractivity contribution in [1.82, 2.24) is 10.2 Å². The summed E-state index contributed by atoms with van der Waals surface area (Å²) in [7, 11) is 1.71. The maximum Gasteiger partial charge on any atom is 0.118 e. The number of nitrogens with zero attached hydrogens (tertiary/aromatic N) is 1. The highest BCUT2D eigenvalue weighted by Gasteiger charge is 2.15. The summed E-state index contributed by atoms with van der Waals surface area (Å²) >= 11 is 0. The molecule has 1 rings (SSSR count). The van der Waals surface area contributed by atoms with Crippen LogP contribution < -0.4 is 10.1 Å². The topological polar surface area (TPSA) is 24.5 Å². The molecule has 1 unspecified atom stereocenters. The summed E-state index contributed by atoms with van der Waals surface area (Å²) in [5, 5.41) is 3.69. The lowest BCUT2D eigenvalue weighted by Gasteiger charge is -2.28. The van der Waals surface area contributed by atoms with Crippen molar-refractivity contribution >= 4 is 0 Å². The second-order valence-electron chi connectivity index (χ2n) is 5.58. The Labute approximate surface area is 130 Å². The molecule has 3 nitrogen and oxygen atoms in total. The van der Waals surface area contributed by atoms with E-state index in [0.29, 0.717) is 6.04 Å². The quantitative estimate of drug-likeness (QED) is 0.670. The van der Waals surface area contributed by atoms with Crippen molar-refractivity contribution in [2.45, 2.75) is 46.1 Å². The standard InChI is InChI=1S/C18H32N2O/c1-5-12-19-18(15-20(13-6-2)14-7-3)16-8-10-17(21-4)11-9-16/h8-11,18-19H,5-7,12-15H2,1-4H3. The van der Waals surface area contributed by atoms with Gasteiger partial charge in [-0.2, -0.15) is 0 Å². The van der Waals surface area contributed by atoms with Crippen LogP contribution in [-0.4, -0.2) is 38.2 Å². The minimum atomic E-state index is 0.397. The molecule has 3 heteroatoms. The molecule has 0 aliphatic heterocycles. The van der Waals surface area contributed by atoms with Gasteiger partial charge in [-0.1, -0.05) is 32.9 Å². The lowest BCUT2D eigenvalue weighted by molar-refractivity contribution is 0.243. The molecule has 1 aromatic carbocycles. The Morgan fingerprint density at radius 2 is 1.62 bits per heavy atom. The van der Waals surface area contributed by atoms with Gasteiger partial charge in [-0.15, -0.1) is 0 Å². The van der Waals surface area contributed by atoms with Gasteiger partial charge in [0, 0.05) is 12.6 Å². The highest BCUT2D eigenvalue weighted by atomic mass is 16.5. The molecule has 0 saturated heterocycles. The number of ether oxygens (including phenoxy) is 1. The molecule has 21 heavy (non-hydrogen) atoms. The van der Waals surface area contributed by atoms with E-state index in [9.17, 15) is 0 Å². The first-order chi connectivity index (χ1) is 10.2. The highest BCUT2D eigenvalue weighted by molar-refractivity contribution is 5.29. The van der Waals surface area contributed by atoms with E-state index in [0.717, 1.165) is 25.3 Å². The number of hydrogen-bond donors (Lipinski definition) is 1. The molecule has 0 spiro atoms. The number of nitrogens with one attached hydrogen (secondary N) is 1. The van der Waals surface area contributed by atoms with Crippen molar-refractivity contribution in [2.75, 3.05) is 33.3 Å². The Morgan fingerprint density at radius 1 is 1.00 bits per heavy atom. The summed E-state index contributed by atoms with van der Waals surface area (Å²) in [6.45, 7) is 11.2. The lowest BCUT2D eigenvalue weighted by atomic mass is 10.1. The minimum Gasteiger partial charge on any atom is -0.497 e. The van der Waals surface area contributed by atoms with Crippen LogP contribution in [0.15, 0.2) is 24.3 Å². The van der Waals surface area contributed by atoms with Crippen LogP contribution in [0.1, 0.15) is 51.6 Å². The first kappa shape index (κ1) is 18.0. The first-order valence-corrected chi connectivity index (χ1v) is 8.34. The summed E-state index contributed by atoms with van der Waals surface area (Å²) < 4.78 is 5.26. The Balaban J connectivity index is 2.76. The van der Waals surface area contributed by atoms with Gasteiger partial charge in [0.1, 0.15) is 5.75 Å². The van der Waals surface area contributed by atoms with Crippen molar-refractivity contribution in [2.24, 2.45) is 0 Å². The fourth-order valence-corrected chi connectivity index (χ4v) is 2.63. The normalized spacial score (nSPS) is 12.6. The van der Waals surface area contributed by atoms with Crippen LogP contribution in [0.5, 0.6) is 5.75 Å². The zero-order chi connectivity index (χ0) is 15.5. The van der Waals surface area contributed by atoms with Crippen molar-refractivity contribution in [3.05, 3.63) is 29.8 Å². The van der Waals surface area contributed by atoms with Crippen molar-refractivity contribution in [3.8, 4) is 5.75 Å². The van der Waals surface area contributed by atoms with E-state index < -0.39 is 0 Å². The van der Waals surface area contributed by atoms with Gasteiger partial charge in [0.25, 0.3) is 0 Å². The van der Waals surface area contributed by atoms with Gasteiger partial charge in [-0.05, 0) is 56.6 Å². The van der Waals surface area contributed by atoms with E-state index in [2.05, 4.69) is 55.3 Å². The van der Waals surface area contributed by atoms with Crippen LogP contribution in [-0.2, 0) is 0 Å². The second-order valence-corrected chi connectivity index (χ2v) is 5.58. The summed E-state index contributed by atoms with van der Waals surface area (Å²) in [4.78, 5) is 2.57. The van der Waals surface area contributed by atoms with Crippen molar-refractivity contribution in [3.63, 3.8) is 0 Å². The monoisotopic (exact) mass is 292 g/mol. The number of rotatable bonds is 11. The summed E-state index contributed by atoms with van der Waals surface area (Å²) in [5.41, 5.74) is 1.35.